The van der Waals surface area contributed by atoms with E-state index in [4.69, 9.17) is 14.1 Å². The molecule has 1 atom stereocenters. The monoisotopic (exact) mass is 392 g/mol. The summed E-state index contributed by atoms with van der Waals surface area (Å²) in [7, 11) is 0. The Balaban J connectivity index is 1.57. The smallest absolute Gasteiger partial charge is 0.296 e. The van der Waals surface area contributed by atoms with E-state index in [2.05, 4.69) is 0 Å². The molecule has 5 rings (SSSR count). The summed E-state index contributed by atoms with van der Waals surface area (Å²) in [4.78, 5) is 20.0. The minimum absolute atomic E-state index is 0.0284. The van der Waals surface area contributed by atoms with Gasteiger partial charge in [-0.05, 0) is 38.0 Å². The molecule has 6 heteroatoms. The van der Waals surface area contributed by atoms with Crippen LogP contribution in [0.4, 0.5) is 5.13 Å². The first-order valence-electron chi connectivity index (χ1n) is 9.48. The van der Waals surface area contributed by atoms with Gasteiger partial charge in [0.1, 0.15) is 5.58 Å². The van der Waals surface area contributed by atoms with E-state index >= 15 is 0 Å². The number of nitrogens with zero attached hydrogens (tertiary/aromatic N) is 2. The fourth-order valence-electron chi connectivity index (χ4n) is 3.72. The summed E-state index contributed by atoms with van der Waals surface area (Å²) < 4.78 is 12.8. The number of thiazole rings is 1. The third-order valence-electron chi connectivity index (χ3n) is 5.21. The molecule has 1 saturated heterocycles. The number of ether oxygens (including phenoxy) is 1. The van der Waals surface area contributed by atoms with E-state index in [1.807, 2.05) is 55.5 Å². The molecule has 4 aromatic rings. The Morgan fingerprint density at radius 2 is 2.04 bits per heavy atom. The molecule has 0 aliphatic carbocycles. The van der Waals surface area contributed by atoms with E-state index in [-0.39, 0.29) is 12.0 Å². The molecule has 0 unspecified atom stereocenters. The Bertz CT molecular complexity index is 1120. The highest BCUT2D eigenvalue weighted by molar-refractivity contribution is 7.22. The summed E-state index contributed by atoms with van der Waals surface area (Å²) in [5, 5.41) is 1.65. The van der Waals surface area contributed by atoms with Crippen molar-refractivity contribution >= 4 is 43.6 Å². The fraction of sp³-hybridized carbons (Fsp3) is 0.273. The Kier molecular flexibility index (Phi) is 4.37. The SMILES string of the molecule is Cc1c(C(=O)N(C[C@@H]2CCCO2)c2nc3ccccc3s2)oc2ccccc12. The summed E-state index contributed by atoms with van der Waals surface area (Å²) in [5.41, 5.74) is 2.48. The van der Waals surface area contributed by atoms with E-state index in [0.29, 0.717) is 17.4 Å². The number of carbonyl (C=O) groups excluding carboxylic acids is 1. The molecule has 0 N–H and O–H groups in total. The van der Waals surface area contributed by atoms with E-state index < -0.39 is 0 Å². The molecule has 28 heavy (non-hydrogen) atoms. The van der Waals surface area contributed by atoms with Crippen LogP contribution in [0.25, 0.3) is 21.2 Å². The third kappa shape index (κ3) is 2.99. The molecule has 142 valence electrons. The molecule has 1 aliphatic heterocycles. The zero-order chi connectivity index (χ0) is 19.1. The Morgan fingerprint density at radius 1 is 1.21 bits per heavy atom. The third-order valence-corrected chi connectivity index (χ3v) is 6.27. The Hall–Kier alpha value is -2.70. The number of para-hydroxylation sites is 2. The maximum atomic E-state index is 13.5. The van der Waals surface area contributed by atoms with Gasteiger partial charge in [-0.1, -0.05) is 41.7 Å². The molecule has 1 fully saturated rings. The van der Waals surface area contributed by atoms with Crippen LogP contribution in [0.1, 0.15) is 29.0 Å². The van der Waals surface area contributed by atoms with Gasteiger partial charge >= 0.3 is 0 Å². The first-order valence-corrected chi connectivity index (χ1v) is 10.3. The van der Waals surface area contributed by atoms with Gasteiger partial charge in [-0.15, -0.1) is 0 Å². The van der Waals surface area contributed by atoms with Crippen LogP contribution in [-0.4, -0.2) is 30.1 Å². The average molecular weight is 392 g/mol. The van der Waals surface area contributed by atoms with Crippen molar-refractivity contribution < 1.29 is 13.9 Å². The summed E-state index contributed by atoms with van der Waals surface area (Å²) in [6.45, 7) is 3.16. The van der Waals surface area contributed by atoms with Crippen molar-refractivity contribution in [3.8, 4) is 0 Å². The lowest BCUT2D eigenvalue weighted by Gasteiger charge is -2.22. The van der Waals surface area contributed by atoms with Crippen LogP contribution >= 0.6 is 11.3 Å². The second-order valence-electron chi connectivity index (χ2n) is 7.07. The van der Waals surface area contributed by atoms with Crippen LogP contribution < -0.4 is 4.90 Å². The predicted molar refractivity (Wildman–Crippen MR) is 111 cm³/mol. The van der Waals surface area contributed by atoms with Crippen LogP contribution in [-0.2, 0) is 4.74 Å². The Labute approximate surface area is 166 Å². The number of amides is 1. The first-order chi connectivity index (χ1) is 13.7. The number of hydrogen-bond acceptors (Lipinski definition) is 5. The Morgan fingerprint density at radius 3 is 2.82 bits per heavy atom. The highest BCUT2D eigenvalue weighted by Crippen LogP contribution is 2.33. The lowest BCUT2D eigenvalue weighted by molar-refractivity contribution is 0.0896. The largest absolute Gasteiger partial charge is 0.451 e. The minimum Gasteiger partial charge on any atom is -0.451 e. The van der Waals surface area contributed by atoms with Gasteiger partial charge < -0.3 is 9.15 Å². The fourth-order valence-corrected chi connectivity index (χ4v) is 4.69. The second kappa shape index (κ2) is 7.04. The van der Waals surface area contributed by atoms with Gasteiger partial charge in [0, 0.05) is 17.6 Å². The molecule has 3 heterocycles. The summed E-state index contributed by atoms with van der Waals surface area (Å²) in [5.74, 6) is 0.210. The molecule has 1 amide bonds. The minimum atomic E-state index is -0.164. The zero-order valence-electron chi connectivity index (χ0n) is 15.6. The van der Waals surface area contributed by atoms with Crippen molar-refractivity contribution in [2.75, 3.05) is 18.1 Å². The topological polar surface area (TPSA) is 55.6 Å². The van der Waals surface area contributed by atoms with Crippen molar-refractivity contribution in [1.82, 2.24) is 4.98 Å². The maximum absolute atomic E-state index is 13.5. The van der Waals surface area contributed by atoms with Gasteiger partial charge in [-0.25, -0.2) is 4.98 Å². The number of anilines is 1. The van der Waals surface area contributed by atoms with Crippen molar-refractivity contribution in [3.05, 3.63) is 59.9 Å². The number of carbonyl (C=O) groups is 1. The van der Waals surface area contributed by atoms with E-state index in [9.17, 15) is 4.79 Å². The number of benzene rings is 2. The molecule has 0 bridgehead atoms. The van der Waals surface area contributed by atoms with Crippen LogP contribution in [0.5, 0.6) is 0 Å². The number of rotatable bonds is 4. The molecule has 1 aliphatic rings. The lowest BCUT2D eigenvalue weighted by Crippen LogP contribution is -2.37. The zero-order valence-corrected chi connectivity index (χ0v) is 16.4. The predicted octanol–water partition coefficient (Wildman–Crippen LogP) is 5.18. The van der Waals surface area contributed by atoms with Crippen LogP contribution in [0.3, 0.4) is 0 Å². The quantitative estimate of drug-likeness (QED) is 0.480. The molecular weight excluding hydrogens is 372 g/mol. The van der Waals surface area contributed by atoms with Gasteiger partial charge in [-0.2, -0.15) is 0 Å². The lowest BCUT2D eigenvalue weighted by atomic mass is 10.1. The molecule has 2 aromatic carbocycles. The highest BCUT2D eigenvalue weighted by atomic mass is 32.1. The highest BCUT2D eigenvalue weighted by Gasteiger charge is 2.30. The van der Waals surface area contributed by atoms with Crippen LogP contribution in [0, 0.1) is 6.92 Å². The molecule has 5 nitrogen and oxygen atoms in total. The second-order valence-corrected chi connectivity index (χ2v) is 8.08. The number of aryl methyl sites for hydroxylation is 1. The molecule has 0 saturated carbocycles. The normalized spacial score (nSPS) is 16.8. The van der Waals surface area contributed by atoms with Gasteiger partial charge in [-0.3, -0.25) is 9.69 Å². The van der Waals surface area contributed by atoms with Crippen molar-refractivity contribution in [1.29, 1.82) is 0 Å². The summed E-state index contributed by atoms with van der Waals surface area (Å²) >= 11 is 1.52. The van der Waals surface area contributed by atoms with Crippen molar-refractivity contribution in [2.45, 2.75) is 25.9 Å². The van der Waals surface area contributed by atoms with Crippen molar-refractivity contribution in [3.63, 3.8) is 0 Å². The van der Waals surface area contributed by atoms with E-state index in [1.54, 1.807) is 4.90 Å². The number of fused-ring (bicyclic) bond motifs is 2. The van der Waals surface area contributed by atoms with Gasteiger partial charge in [0.2, 0.25) is 0 Å². The molecule has 2 aromatic heterocycles. The maximum Gasteiger partial charge on any atom is 0.296 e. The van der Waals surface area contributed by atoms with Gasteiger partial charge in [0.15, 0.2) is 10.9 Å². The average Bonchev–Trinajstić information content (AvgIpc) is 3.44. The summed E-state index contributed by atoms with van der Waals surface area (Å²) in [6, 6.07) is 15.7. The van der Waals surface area contributed by atoms with Crippen molar-refractivity contribution in [2.24, 2.45) is 0 Å². The number of aromatic nitrogens is 1. The molecular formula is C22H20N2O3S. The van der Waals surface area contributed by atoms with E-state index in [1.165, 1.54) is 11.3 Å². The van der Waals surface area contributed by atoms with Gasteiger partial charge in [0.25, 0.3) is 5.91 Å². The van der Waals surface area contributed by atoms with Crippen LogP contribution in [0.15, 0.2) is 52.9 Å². The summed E-state index contributed by atoms with van der Waals surface area (Å²) in [6.07, 6.45) is 2.00. The standard InChI is InChI=1S/C22H20N2O3S/c1-14-16-8-2-4-10-18(16)27-20(14)21(25)24(13-15-7-6-12-26-15)22-23-17-9-3-5-11-19(17)28-22/h2-5,8-11,15H,6-7,12-13H2,1H3/t15-/m0/s1. The number of furan rings is 1. The van der Waals surface area contributed by atoms with Crippen LogP contribution in [0.2, 0.25) is 0 Å². The van der Waals surface area contributed by atoms with Gasteiger partial charge in [0.05, 0.1) is 22.9 Å². The molecule has 0 radical (unpaired) electrons. The van der Waals surface area contributed by atoms with E-state index in [0.717, 1.165) is 46.2 Å². The number of hydrogen-bond donors (Lipinski definition) is 0. The molecule has 0 spiro atoms. The first kappa shape index (κ1) is 17.4.